The number of carbonyl (C=O) groups excluding carboxylic acids is 1. The number of amides is 1. The number of rotatable bonds is 4. The first kappa shape index (κ1) is 15.7. The molecular formula is C20H18N6O2. The number of carbonyl (C=O) groups is 1. The Kier molecular flexibility index (Phi) is 3.02. The van der Waals surface area contributed by atoms with Crippen LogP contribution in [0.15, 0.2) is 43.0 Å². The normalized spacial score (nSPS) is 23.0. The van der Waals surface area contributed by atoms with Gasteiger partial charge in [-0.1, -0.05) is 6.07 Å². The van der Waals surface area contributed by atoms with E-state index in [0.29, 0.717) is 28.1 Å². The third kappa shape index (κ3) is 2.27. The van der Waals surface area contributed by atoms with Gasteiger partial charge >= 0.3 is 0 Å². The van der Waals surface area contributed by atoms with Gasteiger partial charge < -0.3 is 10.5 Å². The van der Waals surface area contributed by atoms with Crippen LogP contribution in [0.25, 0.3) is 5.82 Å². The molecule has 0 aromatic carbocycles. The molecule has 2 atom stereocenters. The van der Waals surface area contributed by atoms with Crippen molar-refractivity contribution in [2.45, 2.75) is 37.1 Å². The smallest absolute Gasteiger partial charge is 0.272 e. The molecule has 1 amide bonds. The number of hydrogen-bond donors (Lipinski definition) is 1. The van der Waals surface area contributed by atoms with E-state index in [9.17, 15) is 10.0 Å². The van der Waals surface area contributed by atoms with E-state index in [1.54, 1.807) is 10.9 Å². The lowest BCUT2D eigenvalue weighted by Crippen LogP contribution is -2.36. The Balaban J connectivity index is 1.38. The lowest BCUT2D eigenvalue weighted by atomic mass is 10.1. The van der Waals surface area contributed by atoms with Crippen molar-refractivity contribution < 1.29 is 9.52 Å². The zero-order valence-corrected chi connectivity index (χ0v) is 15.1. The summed E-state index contributed by atoms with van der Waals surface area (Å²) >= 11 is 0. The molecule has 0 unspecified atom stereocenters. The third-order valence-corrected chi connectivity index (χ3v) is 6.12. The molecule has 0 radical (unpaired) electrons. The molecule has 140 valence electrons. The number of nitrogens with one attached hydrogen (secondary N) is 1. The molecule has 8 nitrogen and oxygen atoms in total. The van der Waals surface area contributed by atoms with Crippen molar-refractivity contribution in [3.63, 3.8) is 0 Å². The highest BCUT2D eigenvalue weighted by Gasteiger charge is 2.52. The molecule has 0 aliphatic heterocycles. The van der Waals surface area contributed by atoms with Gasteiger partial charge in [-0.25, -0.2) is 9.67 Å². The van der Waals surface area contributed by atoms with Gasteiger partial charge in [0.15, 0.2) is 11.9 Å². The number of nitrogens with zero attached hydrogens (tertiary/aromatic N) is 5. The SMILES string of the molecule is O=C(NC1(c2ccccn2)CC1)c1nn(-c2c[n+]([O-])ccn2)c2c1C[C@H]1C[C@@H]21. The molecular weight excluding hydrogens is 356 g/mol. The van der Waals surface area contributed by atoms with Crippen molar-refractivity contribution in [2.24, 2.45) is 5.92 Å². The molecule has 3 aromatic heterocycles. The van der Waals surface area contributed by atoms with Gasteiger partial charge in [-0.2, -0.15) is 9.83 Å². The quantitative estimate of drug-likeness (QED) is 0.549. The molecule has 3 aliphatic carbocycles. The van der Waals surface area contributed by atoms with Gasteiger partial charge in [0.2, 0.25) is 12.0 Å². The average Bonchev–Trinajstić information content (AvgIpc) is 3.59. The lowest BCUT2D eigenvalue weighted by Gasteiger charge is -2.16. The zero-order valence-electron chi connectivity index (χ0n) is 15.1. The molecule has 1 N–H and O–H groups in total. The summed E-state index contributed by atoms with van der Waals surface area (Å²) in [5.74, 6) is 1.27. The summed E-state index contributed by atoms with van der Waals surface area (Å²) in [4.78, 5) is 21.9. The molecule has 28 heavy (non-hydrogen) atoms. The molecule has 0 saturated heterocycles. The third-order valence-electron chi connectivity index (χ3n) is 6.12. The van der Waals surface area contributed by atoms with E-state index >= 15 is 0 Å². The number of hydrogen-bond acceptors (Lipinski definition) is 5. The van der Waals surface area contributed by atoms with Crippen LogP contribution in [0, 0.1) is 11.1 Å². The Morgan fingerprint density at radius 2 is 2.18 bits per heavy atom. The van der Waals surface area contributed by atoms with Crippen LogP contribution in [0.4, 0.5) is 0 Å². The zero-order chi connectivity index (χ0) is 18.9. The maximum Gasteiger partial charge on any atom is 0.272 e. The van der Waals surface area contributed by atoms with Gasteiger partial charge in [0.25, 0.3) is 5.91 Å². The summed E-state index contributed by atoms with van der Waals surface area (Å²) in [7, 11) is 0. The first-order valence-corrected chi connectivity index (χ1v) is 9.56. The van der Waals surface area contributed by atoms with Gasteiger partial charge in [0, 0.05) is 17.7 Å². The first-order chi connectivity index (χ1) is 13.6. The Hall–Kier alpha value is -3.29. The molecule has 2 saturated carbocycles. The molecule has 0 spiro atoms. The predicted octanol–water partition coefficient (Wildman–Crippen LogP) is 1.37. The fraction of sp³-hybridized carbons (Fsp3) is 0.350. The average molecular weight is 374 g/mol. The summed E-state index contributed by atoms with van der Waals surface area (Å²) in [5.41, 5.74) is 2.99. The van der Waals surface area contributed by atoms with Crippen LogP contribution < -0.4 is 10.0 Å². The highest BCUT2D eigenvalue weighted by atomic mass is 16.5. The Morgan fingerprint density at radius 1 is 1.29 bits per heavy atom. The van der Waals surface area contributed by atoms with E-state index in [1.807, 2.05) is 18.2 Å². The monoisotopic (exact) mass is 374 g/mol. The molecule has 6 rings (SSSR count). The van der Waals surface area contributed by atoms with Crippen molar-refractivity contribution in [1.29, 1.82) is 0 Å². The maximum atomic E-state index is 13.2. The summed E-state index contributed by atoms with van der Waals surface area (Å²) in [6.07, 6.45) is 9.66. The Labute approximate surface area is 160 Å². The second kappa shape index (κ2) is 5.37. The van der Waals surface area contributed by atoms with Crippen LogP contribution in [-0.2, 0) is 12.0 Å². The summed E-state index contributed by atoms with van der Waals surface area (Å²) in [6, 6.07) is 5.76. The summed E-state index contributed by atoms with van der Waals surface area (Å²) in [6.45, 7) is 0. The van der Waals surface area contributed by atoms with E-state index < -0.39 is 0 Å². The second-order valence-corrected chi connectivity index (χ2v) is 7.96. The minimum absolute atomic E-state index is 0.176. The highest BCUT2D eigenvalue weighted by Crippen LogP contribution is 2.57. The van der Waals surface area contributed by atoms with Gasteiger partial charge in [-0.15, -0.1) is 0 Å². The van der Waals surface area contributed by atoms with Crippen LogP contribution in [-0.4, -0.2) is 25.7 Å². The van der Waals surface area contributed by atoms with Crippen molar-refractivity contribution in [1.82, 2.24) is 25.1 Å². The summed E-state index contributed by atoms with van der Waals surface area (Å²) < 4.78 is 2.40. The van der Waals surface area contributed by atoms with Crippen LogP contribution >= 0.6 is 0 Å². The van der Waals surface area contributed by atoms with Crippen molar-refractivity contribution >= 4 is 5.91 Å². The van der Waals surface area contributed by atoms with Crippen molar-refractivity contribution in [2.75, 3.05) is 0 Å². The van der Waals surface area contributed by atoms with Crippen LogP contribution in [0.5, 0.6) is 0 Å². The van der Waals surface area contributed by atoms with E-state index in [0.717, 1.165) is 42.6 Å². The Bertz CT molecular complexity index is 1110. The topological polar surface area (TPSA) is 99.6 Å². The standard InChI is InChI=1S/C20H18N6O2/c27-19(23-20(4-5-20)15-3-1-2-6-21-15)17-14-10-12-9-13(12)18(14)26(24-17)16-11-25(28)8-7-22-16/h1-3,6-8,11-13H,4-5,9-10H2,(H,23,27)/t12-,13-/m1/s1. The molecule has 3 aromatic rings. The number of aromatic nitrogens is 5. The first-order valence-electron chi connectivity index (χ1n) is 9.56. The van der Waals surface area contributed by atoms with Crippen LogP contribution in [0.2, 0.25) is 0 Å². The van der Waals surface area contributed by atoms with Crippen LogP contribution in [0.3, 0.4) is 0 Å². The van der Waals surface area contributed by atoms with Gasteiger partial charge in [0.05, 0.1) is 23.1 Å². The number of pyridine rings is 1. The van der Waals surface area contributed by atoms with Gasteiger partial charge in [-0.3, -0.25) is 9.78 Å². The number of fused-ring (bicyclic) bond motifs is 3. The fourth-order valence-electron chi connectivity index (χ4n) is 4.44. The van der Waals surface area contributed by atoms with E-state index in [-0.39, 0.29) is 11.4 Å². The predicted molar refractivity (Wildman–Crippen MR) is 97.5 cm³/mol. The van der Waals surface area contributed by atoms with Crippen molar-refractivity contribution in [3.05, 3.63) is 70.8 Å². The van der Waals surface area contributed by atoms with E-state index in [4.69, 9.17) is 0 Å². The van der Waals surface area contributed by atoms with Gasteiger partial charge in [-0.05, 0) is 43.7 Å². The highest BCUT2D eigenvalue weighted by molar-refractivity contribution is 5.95. The fourth-order valence-corrected chi connectivity index (χ4v) is 4.44. The summed E-state index contributed by atoms with van der Waals surface area (Å²) in [5, 5.41) is 19.5. The molecule has 3 aliphatic rings. The lowest BCUT2D eigenvalue weighted by molar-refractivity contribution is -0.605. The van der Waals surface area contributed by atoms with Gasteiger partial charge in [0.1, 0.15) is 0 Å². The maximum absolute atomic E-state index is 13.2. The largest absolute Gasteiger partial charge is 0.619 e. The second-order valence-electron chi connectivity index (χ2n) is 7.96. The van der Waals surface area contributed by atoms with E-state index in [2.05, 4.69) is 20.4 Å². The molecule has 8 heteroatoms. The minimum Gasteiger partial charge on any atom is -0.619 e. The minimum atomic E-state index is -0.389. The molecule has 0 bridgehead atoms. The van der Waals surface area contributed by atoms with Crippen molar-refractivity contribution in [3.8, 4) is 5.82 Å². The molecule has 3 heterocycles. The Morgan fingerprint density at radius 3 is 2.93 bits per heavy atom. The van der Waals surface area contributed by atoms with Crippen LogP contribution in [0.1, 0.15) is 52.6 Å². The van der Waals surface area contributed by atoms with E-state index in [1.165, 1.54) is 18.6 Å². The molecule has 2 fully saturated rings.